The molecule has 2 amide bonds. The number of hydrogen-bond acceptors (Lipinski definition) is 6. The smallest absolute Gasteiger partial charge is 0.283 e. The van der Waals surface area contributed by atoms with Gasteiger partial charge in [-0.1, -0.05) is 0 Å². The summed E-state index contributed by atoms with van der Waals surface area (Å²) in [5.74, 6) is -0.644. The number of hydrogen-bond donors (Lipinski definition) is 1. The molecule has 3 aliphatic heterocycles. The van der Waals surface area contributed by atoms with E-state index < -0.39 is 12.1 Å². The first kappa shape index (κ1) is 16.2. The standard InChI is InChI=1S/C17H20N2O6/c1-2-23-15-5-7-24-19(15)17(22)10-9-13-11(8-12(10)20)16(21)18-6-3-4-14(18)25-13/h8-9,14-15,20H,2-7H2,1H3. The summed E-state index contributed by atoms with van der Waals surface area (Å²) in [6, 6.07) is 2.72. The van der Waals surface area contributed by atoms with Gasteiger partial charge in [0, 0.05) is 26.0 Å². The molecule has 2 fully saturated rings. The Labute approximate surface area is 144 Å². The molecule has 0 aromatic heterocycles. The van der Waals surface area contributed by atoms with Gasteiger partial charge in [0.2, 0.25) is 0 Å². The maximum atomic E-state index is 12.8. The minimum absolute atomic E-state index is 0.0320. The van der Waals surface area contributed by atoms with Gasteiger partial charge < -0.3 is 19.5 Å². The molecule has 0 bridgehead atoms. The summed E-state index contributed by atoms with van der Waals surface area (Å²) in [5, 5.41) is 11.4. The van der Waals surface area contributed by atoms with Gasteiger partial charge in [-0.25, -0.2) is 0 Å². The van der Waals surface area contributed by atoms with E-state index in [1.165, 1.54) is 12.1 Å². The first-order valence-corrected chi connectivity index (χ1v) is 8.53. The van der Waals surface area contributed by atoms with Crippen LogP contribution < -0.4 is 4.74 Å². The van der Waals surface area contributed by atoms with Gasteiger partial charge in [-0.3, -0.25) is 14.4 Å². The number of nitrogens with zero attached hydrogens (tertiary/aromatic N) is 2. The number of carbonyl (C=O) groups is 2. The maximum absolute atomic E-state index is 12.8. The van der Waals surface area contributed by atoms with Crippen LogP contribution in [0.5, 0.6) is 11.5 Å². The van der Waals surface area contributed by atoms with E-state index in [4.69, 9.17) is 14.3 Å². The Morgan fingerprint density at radius 2 is 2.24 bits per heavy atom. The molecule has 0 saturated carbocycles. The van der Waals surface area contributed by atoms with Gasteiger partial charge in [0.05, 0.1) is 17.7 Å². The highest BCUT2D eigenvalue weighted by molar-refractivity contribution is 6.02. The van der Waals surface area contributed by atoms with Gasteiger partial charge in [0.25, 0.3) is 11.8 Å². The van der Waals surface area contributed by atoms with Gasteiger partial charge >= 0.3 is 0 Å². The Hall–Kier alpha value is -2.32. The highest BCUT2D eigenvalue weighted by atomic mass is 16.7. The zero-order valence-electron chi connectivity index (χ0n) is 13.9. The van der Waals surface area contributed by atoms with Crippen molar-refractivity contribution in [2.75, 3.05) is 19.8 Å². The Kier molecular flexibility index (Phi) is 4.01. The van der Waals surface area contributed by atoms with E-state index in [0.717, 1.165) is 17.9 Å². The number of fused-ring (bicyclic) bond motifs is 2. The third kappa shape index (κ3) is 2.61. The molecule has 4 rings (SSSR count). The number of phenols is 1. The van der Waals surface area contributed by atoms with Crippen molar-refractivity contribution in [3.05, 3.63) is 23.3 Å². The summed E-state index contributed by atoms with van der Waals surface area (Å²) in [4.78, 5) is 32.3. The number of ether oxygens (including phenoxy) is 2. The Balaban J connectivity index is 1.65. The van der Waals surface area contributed by atoms with Gasteiger partial charge in [-0.05, 0) is 25.5 Å². The van der Waals surface area contributed by atoms with Crippen LogP contribution in [0.2, 0.25) is 0 Å². The lowest BCUT2D eigenvalue weighted by molar-refractivity contribution is -0.159. The van der Waals surface area contributed by atoms with Crippen LogP contribution in [-0.4, -0.2) is 59.1 Å². The van der Waals surface area contributed by atoms with Crippen LogP contribution in [0, 0.1) is 0 Å². The molecule has 1 N–H and O–H groups in total. The van der Waals surface area contributed by atoms with Crippen LogP contribution >= 0.6 is 0 Å². The van der Waals surface area contributed by atoms with Crippen molar-refractivity contribution in [3.8, 4) is 11.5 Å². The van der Waals surface area contributed by atoms with E-state index in [1.54, 1.807) is 4.90 Å². The molecule has 1 aromatic carbocycles. The van der Waals surface area contributed by atoms with Gasteiger partial charge in [0.15, 0.2) is 12.5 Å². The fourth-order valence-electron chi connectivity index (χ4n) is 3.50. The molecule has 2 saturated heterocycles. The lowest BCUT2D eigenvalue weighted by atomic mass is 10.1. The predicted molar refractivity (Wildman–Crippen MR) is 84.9 cm³/mol. The first-order chi connectivity index (χ1) is 12.1. The van der Waals surface area contributed by atoms with Crippen molar-refractivity contribution in [2.24, 2.45) is 0 Å². The summed E-state index contributed by atoms with van der Waals surface area (Å²) in [5.41, 5.74) is 0.306. The average Bonchev–Trinajstić information content (AvgIpc) is 3.24. The SMILES string of the molecule is CCOC1CCON1C(=O)c1cc2c(cc1O)C(=O)N1CCCC1O2. The Bertz CT molecular complexity index is 721. The number of phenolic OH excluding ortho intramolecular Hbond substituents is 1. The van der Waals surface area contributed by atoms with E-state index in [1.807, 2.05) is 6.92 Å². The normalized spacial score (nSPS) is 24.9. The second-order valence-electron chi connectivity index (χ2n) is 6.24. The third-order valence-electron chi connectivity index (χ3n) is 4.70. The second-order valence-corrected chi connectivity index (χ2v) is 6.24. The van der Waals surface area contributed by atoms with E-state index in [9.17, 15) is 14.7 Å². The third-order valence-corrected chi connectivity index (χ3v) is 4.70. The fraction of sp³-hybridized carbons (Fsp3) is 0.529. The number of hydroxylamine groups is 2. The van der Waals surface area contributed by atoms with Crippen LogP contribution in [-0.2, 0) is 9.57 Å². The average molecular weight is 348 g/mol. The zero-order chi connectivity index (χ0) is 17.6. The zero-order valence-corrected chi connectivity index (χ0v) is 13.9. The number of rotatable bonds is 3. The number of aromatic hydroxyl groups is 1. The van der Waals surface area contributed by atoms with Crippen molar-refractivity contribution < 1.29 is 29.0 Å². The van der Waals surface area contributed by atoms with Crippen molar-refractivity contribution in [3.63, 3.8) is 0 Å². The summed E-state index contributed by atoms with van der Waals surface area (Å²) in [6.45, 7) is 3.30. The second kappa shape index (κ2) is 6.20. The molecule has 3 aliphatic rings. The van der Waals surface area contributed by atoms with Crippen molar-refractivity contribution in [2.45, 2.75) is 38.6 Å². The minimum atomic E-state index is -0.513. The highest BCUT2D eigenvalue weighted by Crippen LogP contribution is 2.37. The van der Waals surface area contributed by atoms with E-state index in [-0.39, 0.29) is 29.0 Å². The lowest BCUT2D eigenvalue weighted by Gasteiger charge is -2.32. The van der Waals surface area contributed by atoms with Crippen LogP contribution in [0.4, 0.5) is 0 Å². The molecule has 25 heavy (non-hydrogen) atoms. The molecule has 0 aliphatic carbocycles. The van der Waals surface area contributed by atoms with Crippen LogP contribution in [0.3, 0.4) is 0 Å². The van der Waals surface area contributed by atoms with Crippen molar-refractivity contribution in [1.29, 1.82) is 0 Å². The summed E-state index contributed by atoms with van der Waals surface area (Å²) in [6.07, 6.45) is 1.42. The number of amides is 2. The summed E-state index contributed by atoms with van der Waals surface area (Å²) < 4.78 is 11.4. The summed E-state index contributed by atoms with van der Waals surface area (Å²) >= 11 is 0. The minimum Gasteiger partial charge on any atom is -0.507 e. The predicted octanol–water partition coefficient (Wildman–Crippen LogP) is 1.49. The molecule has 3 heterocycles. The maximum Gasteiger partial charge on any atom is 0.283 e. The van der Waals surface area contributed by atoms with Crippen LogP contribution in [0.25, 0.3) is 0 Å². The van der Waals surface area contributed by atoms with Crippen molar-refractivity contribution in [1.82, 2.24) is 9.96 Å². The topological polar surface area (TPSA) is 88.5 Å². The van der Waals surface area contributed by atoms with E-state index in [0.29, 0.717) is 31.9 Å². The molecule has 2 atom stereocenters. The molecule has 1 aromatic rings. The monoisotopic (exact) mass is 348 g/mol. The Morgan fingerprint density at radius 1 is 1.40 bits per heavy atom. The molecular formula is C17H20N2O6. The molecule has 2 unspecified atom stereocenters. The van der Waals surface area contributed by atoms with E-state index in [2.05, 4.69) is 0 Å². The lowest BCUT2D eigenvalue weighted by Crippen LogP contribution is -2.43. The molecule has 8 nitrogen and oxygen atoms in total. The molecular weight excluding hydrogens is 328 g/mol. The largest absolute Gasteiger partial charge is 0.507 e. The quantitative estimate of drug-likeness (QED) is 0.890. The van der Waals surface area contributed by atoms with Crippen LogP contribution in [0.15, 0.2) is 12.1 Å². The highest BCUT2D eigenvalue weighted by Gasteiger charge is 2.39. The number of benzene rings is 1. The molecule has 134 valence electrons. The first-order valence-electron chi connectivity index (χ1n) is 8.53. The van der Waals surface area contributed by atoms with Crippen molar-refractivity contribution >= 4 is 11.8 Å². The molecule has 0 spiro atoms. The molecule has 8 heteroatoms. The van der Waals surface area contributed by atoms with Gasteiger partial charge in [0.1, 0.15) is 11.5 Å². The van der Waals surface area contributed by atoms with Crippen LogP contribution in [0.1, 0.15) is 46.9 Å². The number of carbonyl (C=O) groups excluding carboxylic acids is 2. The van der Waals surface area contributed by atoms with E-state index >= 15 is 0 Å². The summed E-state index contributed by atoms with van der Waals surface area (Å²) in [7, 11) is 0. The Morgan fingerprint density at radius 3 is 3.04 bits per heavy atom. The van der Waals surface area contributed by atoms with Gasteiger partial charge in [-0.2, -0.15) is 5.06 Å². The molecule has 0 radical (unpaired) electrons. The fourth-order valence-corrected chi connectivity index (χ4v) is 3.50. The van der Waals surface area contributed by atoms with Gasteiger partial charge in [-0.15, -0.1) is 0 Å².